The van der Waals surface area contributed by atoms with Gasteiger partial charge in [0.25, 0.3) is 0 Å². The second kappa shape index (κ2) is 6.35. The number of nitrogens with zero attached hydrogens (tertiary/aromatic N) is 5. The Labute approximate surface area is 111 Å². The minimum atomic E-state index is 0.642. The lowest BCUT2D eigenvalue weighted by Crippen LogP contribution is -2.27. The predicted molar refractivity (Wildman–Crippen MR) is 72.4 cm³/mol. The third-order valence-electron chi connectivity index (χ3n) is 2.68. The second-order valence-corrected chi connectivity index (χ2v) is 4.23. The summed E-state index contributed by atoms with van der Waals surface area (Å²) in [5.41, 5.74) is 0.960. The Morgan fingerprint density at radius 3 is 2.72 bits per heavy atom. The van der Waals surface area contributed by atoms with Gasteiger partial charge in [0.1, 0.15) is 0 Å². The van der Waals surface area contributed by atoms with E-state index < -0.39 is 0 Å². The molecule has 1 heterocycles. The van der Waals surface area contributed by atoms with E-state index in [-0.39, 0.29) is 0 Å². The highest BCUT2D eigenvalue weighted by atomic mass is 35.5. The second-order valence-electron chi connectivity index (χ2n) is 3.85. The highest BCUT2D eigenvalue weighted by molar-refractivity contribution is 6.17. The van der Waals surface area contributed by atoms with Crippen molar-refractivity contribution in [1.29, 1.82) is 0 Å². The van der Waals surface area contributed by atoms with Crippen LogP contribution in [0.1, 0.15) is 13.3 Å². The average molecular weight is 266 g/mol. The van der Waals surface area contributed by atoms with E-state index in [0.29, 0.717) is 5.88 Å². The van der Waals surface area contributed by atoms with Gasteiger partial charge in [0.05, 0.1) is 5.69 Å². The third kappa shape index (κ3) is 2.79. The molecule has 0 aliphatic rings. The molecule has 0 radical (unpaired) electrons. The lowest BCUT2D eigenvalue weighted by molar-refractivity contribution is 0.733. The third-order valence-corrected chi connectivity index (χ3v) is 2.95. The van der Waals surface area contributed by atoms with Gasteiger partial charge in [-0.05, 0) is 35.9 Å². The molecule has 0 fully saturated rings. The maximum atomic E-state index is 5.74. The number of aromatic nitrogens is 4. The maximum absolute atomic E-state index is 5.74. The molecule has 0 saturated heterocycles. The highest BCUT2D eigenvalue weighted by Gasteiger charge is 2.14. The van der Waals surface area contributed by atoms with Crippen LogP contribution in [0, 0.1) is 0 Å². The smallest absolute Gasteiger partial charge is 0.250 e. The van der Waals surface area contributed by atoms with Crippen molar-refractivity contribution in [3.05, 3.63) is 30.3 Å². The van der Waals surface area contributed by atoms with Crippen molar-refractivity contribution in [1.82, 2.24) is 20.2 Å². The lowest BCUT2D eigenvalue weighted by atomic mass is 10.3. The van der Waals surface area contributed by atoms with Crippen molar-refractivity contribution in [3.8, 4) is 5.69 Å². The zero-order valence-electron chi connectivity index (χ0n) is 10.3. The van der Waals surface area contributed by atoms with Gasteiger partial charge in [-0.1, -0.05) is 23.3 Å². The summed E-state index contributed by atoms with van der Waals surface area (Å²) in [6.45, 7) is 3.79. The Balaban J connectivity index is 2.26. The molecule has 2 rings (SSSR count). The summed E-state index contributed by atoms with van der Waals surface area (Å²) in [4.78, 5) is 2.12. The van der Waals surface area contributed by atoms with Crippen molar-refractivity contribution < 1.29 is 0 Å². The van der Waals surface area contributed by atoms with Crippen molar-refractivity contribution in [3.63, 3.8) is 0 Å². The van der Waals surface area contributed by atoms with E-state index in [4.69, 9.17) is 11.6 Å². The fraction of sp³-hybridized carbons (Fsp3) is 0.417. The topological polar surface area (TPSA) is 46.8 Å². The van der Waals surface area contributed by atoms with Crippen molar-refractivity contribution >= 4 is 17.5 Å². The number of anilines is 1. The SMILES string of the molecule is CCN(CCCCl)c1nnnn1-c1ccccc1. The molecule has 96 valence electrons. The first kappa shape index (κ1) is 12.8. The number of benzene rings is 1. The van der Waals surface area contributed by atoms with Crippen LogP contribution < -0.4 is 4.90 Å². The first-order chi connectivity index (χ1) is 8.86. The minimum absolute atomic E-state index is 0.642. The molecule has 0 atom stereocenters. The van der Waals surface area contributed by atoms with Crippen LogP contribution in [0.4, 0.5) is 5.95 Å². The van der Waals surface area contributed by atoms with Gasteiger partial charge < -0.3 is 4.90 Å². The van der Waals surface area contributed by atoms with E-state index in [1.807, 2.05) is 30.3 Å². The van der Waals surface area contributed by atoms with Crippen molar-refractivity contribution in [2.75, 3.05) is 23.9 Å². The number of halogens is 1. The Morgan fingerprint density at radius 2 is 2.06 bits per heavy atom. The molecule has 0 saturated carbocycles. The molecule has 0 amide bonds. The quantitative estimate of drug-likeness (QED) is 0.751. The molecule has 0 spiro atoms. The Bertz CT molecular complexity index is 470. The van der Waals surface area contributed by atoms with Gasteiger partial charge >= 0.3 is 0 Å². The van der Waals surface area contributed by atoms with Crippen molar-refractivity contribution in [2.45, 2.75) is 13.3 Å². The first-order valence-electron chi connectivity index (χ1n) is 6.01. The van der Waals surface area contributed by atoms with E-state index in [1.54, 1.807) is 4.68 Å². The van der Waals surface area contributed by atoms with E-state index in [2.05, 4.69) is 27.3 Å². The molecular weight excluding hydrogens is 250 g/mol. The number of hydrogen-bond donors (Lipinski definition) is 0. The fourth-order valence-electron chi connectivity index (χ4n) is 1.77. The van der Waals surface area contributed by atoms with E-state index >= 15 is 0 Å². The van der Waals surface area contributed by atoms with Crippen LogP contribution in [0.5, 0.6) is 0 Å². The number of hydrogen-bond acceptors (Lipinski definition) is 4. The largest absolute Gasteiger partial charge is 0.340 e. The Kier molecular flexibility index (Phi) is 4.52. The highest BCUT2D eigenvalue weighted by Crippen LogP contribution is 2.15. The van der Waals surface area contributed by atoms with Crippen LogP contribution in [0.2, 0.25) is 0 Å². The summed E-state index contributed by atoms with van der Waals surface area (Å²) in [6, 6.07) is 9.87. The molecule has 1 aromatic heterocycles. The van der Waals surface area contributed by atoms with Gasteiger partial charge in [-0.3, -0.25) is 0 Å². The molecule has 6 heteroatoms. The maximum Gasteiger partial charge on any atom is 0.250 e. The van der Waals surface area contributed by atoms with Crippen LogP contribution in [-0.2, 0) is 0 Å². The molecule has 0 N–H and O–H groups in total. The summed E-state index contributed by atoms with van der Waals surface area (Å²) < 4.78 is 1.75. The molecule has 18 heavy (non-hydrogen) atoms. The van der Waals surface area contributed by atoms with Gasteiger partial charge in [0.15, 0.2) is 0 Å². The van der Waals surface area contributed by atoms with Gasteiger partial charge in [0.2, 0.25) is 5.95 Å². The van der Waals surface area contributed by atoms with Crippen molar-refractivity contribution in [2.24, 2.45) is 0 Å². The Hall–Kier alpha value is -1.62. The molecular formula is C12H16ClN5. The molecule has 0 unspecified atom stereocenters. The summed E-state index contributed by atoms with van der Waals surface area (Å²) in [5, 5.41) is 11.9. The Morgan fingerprint density at radius 1 is 1.28 bits per heavy atom. The minimum Gasteiger partial charge on any atom is -0.340 e. The number of tetrazole rings is 1. The molecule has 2 aromatic rings. The fourth-order valence-corrected chi connectivity index (χ4v) is 1.89. The van der Waals surface area contributed by atoms with Gasteiger partial charge in [-0.25, -0.2) is 0 Å². The molecule has 0 aliphatic heterocycles. The van der Waals surface area contributed by atoms with Gasteiger partial charge in [-0.15, -0.1) is 11.6 Å². The number of alkyl halides is 1. The van der Waals surface area contributed by atoms with Crippen LogP contribution in [0.3, 0.4) is 0 Å². The summed E-state index contributed by atoms with van der Waals surface area (Å²) in [7, 11) is 0. The monoisotopic (exact) mass is 265 g/mol. The van der Waals surface area contributed by atoms with E-state index in [1.165, 1.54) is 0 Å². The van der Waals surface area contributed by atoms with E-state index in [0.717, 1.165) is 31.1 Å². The zero-order chi connectivity index (χ0) is 12.8. The van der Waals surface area contributed by atoms with Crippen LogP contribution in [-0.4, -0.2) is 39.2 Å². The summed E-state index contributed by atoms with van der Waals surface area (Å²) >= 11 is 5.74. The number of para-hydroxylation sites is 1. The summed E-state index contributed by atoms with van der Waals surface area (Å²) in [6.07, 6.45) is 0.914. The average Bonchev–Trinajstić information content (AvgIpc) is 2.90. The molecule has 0 bridgehead atoms. The summed E-state index contributed by atoms with van der Waals surface area (Å²) in [5.74, 6) is 1.40. The van der Waals surface area contributed by atoms with Crippen LogP contribution in [0.25, 0.3) is 5.69 Å². The normalized spacial score (nSPS) is 10.6. The zero-order valence-corrected chi connectivity index (χ0v) is 11.1. The van der Waals surface area contributed by atoms with Crippen LogP contribution in [0.15, 0.2) is 30.3 Å². The molecule has 0 aliphatic carbocycles. The van der Waals surface area contributed by atoms with Gasteiger partial charge in [-0.2, -0.15) is 4.68 Å². The van der Waals surface area contributed by atoms with E-state index in [9.17, 15) is 0 Å². The van der Waals surface area contributed by atoms with Gasteiger partial charge in [0, 0.05) is 19.0 Å². The van der Waals surface area contributed by atoms with Crippen LogP contribution >= 0.6 is 11.6 Å². The number of rotatable bonds is 6. The molecule has 1 aromatic carbocycles. The molecule has 5 nitrogen and oxygen atoms in total. The lowest BCUT2D eigenvalue weighted by Gasteiger charge is -2.20. The first-order valence-corrected chi connectivity index (χ1v) is 6.55. The predicted octanol–water partition coefficient (Wildman–Crippen LogP) is 2.12. The standard InChI is InChI=1S/C12H16ClN5/c1-2-17(10-6-9-13)12-14-15-16-18(12)11-7-4-3-5-8-11/h3-5,7-8H,2,6,9-10H2,1H3.